The van der Waals surface area contributed by atoms with E-state index < -0.39 is 58.8 Å². The summed E-state index contributed by atoms with van der Waals surface area (Å²) in [5.74, 6) is -4.63. The Morgan fingerprint density at radius 2 is 1.80 bits per heavy atom. The van der Waals surface area contributed by atoms with E-state index in [9.17, 15) is 37.0 Å². The lowest BCUT2D eigenvalue weighted by Crippen LogP contribution is -2.30. The Kier molecular flexibility index (Phi) is 5.27. The topological polar surface area (TPSA) is 69.6 Å². The van der Waals surface area contributed by atoms with E-state index in [1.165, 1.54) is 6.07 Å². The summed E-state index contributed by atoms with van der Waals surface area (Å²) >= 11 is 0. The molecule has 0 radical (unpaired) electrons. The molecule has 9 heteroatoms. The average Bonchev–Trinajstić information content (AvgIpc) is 2.50. The van der Waals surface area contributed by atoms with E-state index in [1.807, 2.05) is 5.32 Å². The molecule has 0 bridgehead atoms. The molecule has 0 fully saturated rings. The number of carbonyl (C=O) groups excluding carboxylic acids is 1. The van der Waals surface area contributed by atoms with Gasteiger partial charge in [-0.15, -0.1) is 0 Å². The summed E-state index contributed by atoms with van der Waals surface area (Å²) in [6, 6.07) is 5.10. The predicted molar refractivity (Wildman–Crippen MR) is 76.8 cm³/mol. The summed E-state index contributed by atoms with van der Waals surface area (Å²) in [6.07, 6.45) is -6.43. The third-order valence-electron chi connectivity index (χ3n) is 3.34. The fraction of sp³-hybridized carbons (Fsp3) is 0.188. The average molecular weight is 361 g/mol. The van der Waals surface area contributed by atoms with Crippen molar-refractivity contribution in [1.29, 1.82) is 0 Å². The van der Waals surface area contributed by atoms with Gasteiger partial charge in [-0.05, 0) is 11.6 Å². The maximum Gasteiger partial charge on any atom is 0.416 e. The molecule has 0 aliphatic carbocycles. The molecular formula is C16H12F5NO3. The van der Waals surface area contributed by atoms with Gasteiger partial charge in [-0.3, -0.25) is 4.79 Å². The zero-order chi connectivity index (χ0) is 18.8. The Morgan fingerprint density at radius 1 is 1.16 bits per heavy atom. The molecular weight excluding hydrogens is 349 g/mol. The second-order valence-electron chi connectivity index (χ2n) is 5.09. The summed E-state index contributed by atoms with van der Waals surface area (Å²) < 4.78 is 65.1. The van der Waals surface area contributed by atoms with Crippen molar-refractivity contribution in [2.75, 3.05) is 6.54 Å². The van der Waals surface area contributed by atoms with Crippen LogP contribution in [0.15, 0.2) is 36.4 Å². The van der Waals surface area contributed by atoms with Crippen molar-refractivity contribution >= 4 is 5.91 Å². The number of alkyl halides is 3. The van der Waals surface area contributed by atoms with Gasteiger partial charge in [0.2, 0.25) is 0 Å². The molecule has 0 aliphatic heterocycles. The van der Waals surface area contributed by atoms with Gasteiger partial charge in [0.05, 0.1) is 11.7 Å². The highest BCUT2D eigenvalue weighted by Gasteiger charge is 2.34. The number of benzene rings is 2. The molecule has 2 rings (SSSR count). The van der Waals surface area contributed by atoms with Crippen LogP contribution in [0.1, 0.15) is 27.6 Å². The first-order valence-electron chi connectivity index (χ1n) is 6.91. The molecule has 2 aromatic carbocycles. The second-order valence-corrected chi connectivity index (χ2v) is 5.09. The summed E-state index contributed by atoms with van der Waals surface area (Å²) in [5, 5.41) is 21.3. The van der Waals surface area contributed by atoms with Crippen molar-refractivity contribution in [3.8, 4) is 5.75 Å². The Morgan fingerprint density at radius 3 is 2.40 bits per heavy atom. The highest BCUT2D eigenvalue weighted by molar-refractivity contribution is 5.97. The molecule has 25 heavy (non-hydrogen) atoms. The fourth-order valence-electron chi connectivity index (χ4n) is 2.22. The smallest absolute Gasteiger partial charge is 0.416 e. The quantitative estimate of drug-likeness (QED) is 0.733. The van der Waals surface area contributed by atoms with Crippen molar-refractivity contribution in [3.63, 3.8) is 0 Å². The van der Waals surface area contributed by atoms with E-state index >= 15 is 0 Å². The molecule has 0 saturated carbocycles. The van der Waals surface area contributed by atoms with E-state index in [-0.39, 0.29) is 0 Å². The number of carbonyl (C=O) groups is 1. The molecule has 4 nitrogen and oxygen atoms in total. The van der Waals surface area contributed by atoms with Gasteiger partial charge in [0, 0.05) is 18.7 Å². The molecule has 1 amide bonds. The SMILES string of the molecule is O=C(NC[C@@H](O)c1ccccc1C(F)(F)F)c1c(O)cc(F)cc1F. The molecule has 0 saturated heterocycles. The van der Waals surface area contributed by atoms with Crippen molar-refractivity contribution in [3.05, 3.63) is 64.7 Å². The number of aliphatic hydroxyl groups excluding tert-OH is 1. The molecule has 3 N–H and O–H groups in total. The first-order chi connectivity index (χ1) is 11.6. The number of phenolic OH excluding ortho intramolecular Hbond substituents is 1. The highest BCUT2D eigenvalue weighted by atomic mass is 19.4. The lowest BCUT2D eigenvalue weighted by molar-refractivity contribution is -0.139. The Labute approximate surface area is 138 Å². The highest BCUT2D eigenvalue weighted by Crippen LogP contribution is 2.34. The lowest BCUT2D eigenvalue weighted by atomic mass is 10.0. The first-order valence-corrected chi connectivity index (χ1v) is 6.91. The van der Waals surface area contributed by atoms with Gasteiger partial charge in [-0.1, -0.05) is 18.2 Å². The van der Waals surface area contributed by atoms with E-state index in [1.54, 1.807) is 0 Å². The van der Waals surface area contributed by atoms with Crippen molar-refractivity contribution < 1.29 is 37.0 Å². The minimum absolute atomic E-state index is 0.365. The van der Waals surface area contributed by atoms with Crippen LogP contribution in [0.3, 0.4) is 0 Å². The lowest BCUT2D eigenvalue weighted by Gasteiger charge is -2.18. The van der Waals surface area contributed by atoms with Crippen LogP contribution in [0.4, 0.5) is 22.0 Å². The molecule has 0 heterocycles. The molecule has 0 unspecified atom stereocenters. The number of rotatable bonds is 4. The van der Waals surface area contributed by atoms with Crippen LogP contribution in [0.5, 0.6) is 5.75 Å². The van der Waals surface area contributed by atoms with Crippen molar-refractivity contribution in [2.24, 2.45) is 0 Å². The fourth-order valence-corrected chi connectivity index (χ4v) is 2.22. The summed E-state index contributed by atoms with van der Waals surface area (Å²) in [7, 11) is 0. The molecule has 0 aliphatic rings. The molecule has 1 atom stereocenters. The minimum atomic E-state index is -4.71. The van der Waals surface area contributed by atoms with Crippen LogP contribution >= 0.6 is 0 Å². The maximum atomic E-state index is 13.6. The Balaban J connectivity index is 2.16. The zero-order valence-electron chi connectivity index (χ0n) is 12.4. The monoisotopic (exact) mass is 361 g/mol. The third-order valence-corrected chi connectivity index (χ3v) is 3.34. The standard InChI is InChI=1S/C16H12F5NO3/c17-8-5-11(18)14(12(23)6-8)15(25)22-7-13(24)9-3-1-2-4-10(9)16(19,20)21/h1-6,13,23-24H,7H2,(H,22,25)/t13-/m1/s1. The van der Waals surface area contributed by atoms with Crippen LogP contribution in [0.25, 0.3) is 0 Å². The van der Waals surface area contributed by atoms with Crippen LogP contribution in [0.2, 0.25) is 0 Å². The maximum absolute atomic E-state index is 13.6. The van der Waals surface area contributed by atoms with Gasteiger partial charge in [-0.25, -0.2) is 8.78 Å². The van der Waals surface area contributed by atoms with Gasteiger partial charge in [0.25, 0.3) is 5.91 Å². The summed E-state index contributed by atoms with van der Waals surface area (Å²) in [4.78, 5) is 11.8. The molecule has 0 aromatic heterocycles. The second kappa shape index (κ2) is 7.06. The molecule has 2 aromatic rings. The van der Waals surface area contributed by atoms with Gasteiger partial charge < -0.3 is 15.5 Å². The van der Waals surface area contributed by atoms with Gasteiger partial charge in [-0.2, -0.15) is 13.2 Å². The van der Waals surface area contributed by atoms with Crippen LogP contribution in [-0.2, 0) is 6.18 Å². The van der Waals surface area contributed by atoms with Crippen molar-refractivity contribution in [1.82, 2.24) is 5.32 Å². The number of phenols is 1. The van der Waals surface area contributed by atoms with E-state index in [0.717, 1.165) is 18.2 Å². The van der Waals surface area contributed by atoms with E-state index in [0.29, 0.717) is 12.1 Å². The molecule has 0 spiro atoms. The Hall–Kier alpha value is -2.68. The number of halogens is 5. The van der Waals surface area contributed by atoms with Gasteiger partial charge >= 0.3 is 6.18 Å². The largest absolute Gasteiger partial charge is 0.507 e. The van der Waals surface area contributed by atoms with E-state index in [4.69, 9.17) is 0 Å². The van der Waals surface area contributed by atoms with Gasteiger partial charge in [0.15, 0.2) is 0 Å². The number of amides is 1. The molecule has 134 valence electrons. The van der Waals surface area contributed by atoms with Crippen molar-refractivity contribution in [2.45, 2.75) is 12.3 Å². The number of aromatic hydroxyl groups is 1. The Bertz CT molecular complexity index is 769. The first kappa shape index (κ1) is 18.7. The van der Waals surface area contributed by atoms with Crippen LogP contribution in [-0.4, -0.2) is 22.7 Å². The van der Waals surface area contributed by atoms with Crippen LogP contribution in [0, 0.1) is 11.6 Å². The van der Waals surface area contributed by atoms with Crippen LogP contribution < -0.4 is 5.32 Å². The normalized spacial score (nSPS) is 12.7. The summed E-state index contributed by atoms with van der Waals surface area (Å²) in [6.45, 7) is -0.678. The van der Waals surface area contributed by atoms with Gasteiger partial charge in [0.1, 0.15) is 22.9 Å². The third kappa shape index (κ3) is 4.24. The zero-order valence-corrected chi connectivity index (χ0v) is 12.4. The number of aliphatic hydroxyl groups is 1. The number of hydrogen-bond donors (Lipinski definition) is 3. The summed E-state index contributed by atoms with van der Waals surface area (Å²) in [5.41, 5.74) is -2.43. The minimum Gasteiger partial charge on any atom is -0.507 e. The number of hydrogen-bond acceptors (Lipinski definition) is 3. The number of nitrogens with one attached hydrogen (secondary N) is 1. The predicted octanol–water partition coefficient (Wildman–Crippen LogP) is 3.15. The van der Waals surface area contributed by atoms with E-state index in [2.05, 4.69) is 0 Å².